The van der Waals surface area contributed by atoms with E-state index in [1.54, 1.807) is 0 Å². The topological polar surface area (TPSA) is 0 Å². The van der Waals surface area contributed by atoms with Gasteiger partial charge in [0.15, 0.2) is 0 Å². The van der Waals surface area contributed by atoms with E-state index in [1.165, 1.54) is 221 Å². The van der Waals surface area contributed by atoms with Crippen LogP contribution in [0.5, 0.6) is 0 Å². The van der Waals surface area contributed by atoms with Gasteiger partial charge in [-0.2, -0.15) is 0 Å². The first-order chi connectivity index (χ1) is 39.7. The average molecular weight is 1000 g/mol. The lowest BCUT2D eigenvalue weighted by Crippen LogP contribution is -1.92. The lowest BCUT2D eigenvalue weighted by Gasteiger charge is -2.19. The van der Waals surface area contributed by atoms with E-state index in [-0.39, 0.29) is 0 Å². The van der Waals surface area contributed by atoms with Crippen LogP contribution in [0.15, 0.2) is 243 Å². The fourth-order valence-corrected chi connectivity index (χ4v) is 16.7. The molecule has 6 aliphatic rings. The van der Waals surface area contributed by atoms with Gasteiger partial charge in [0.2, 0.25) is 0 Å². The molecular weight excluding hydrogens is 961 g/mol. The van der Waals surface area contributed by atoms with Gasteiger partial charge < -0.3 is 0 Å². The number of hydrogen-bond acceptors (Lipinski definition) is 0. The van der Waals surface area contributed by atoms with E-state index in [1.807, 2.05) is 0 Å². The third-order valence-corrected chi connectivity index (χ3v) is 19.8. The average Bonchev–Trinajstić information content (AvgIpc) is 4.37. The fourth-order valence-electron chi connectivity index (χ4n) is 16.7. The summed E-state index contributed by atoms with van der Waals surface area (Å²) in [6, 6.07) is 94.5. The zero-order valence-electron chi connectivity index (χ0n) is 43.1. The van der Waals surface area contributed by atoms with Crippen molar-refractivity contribution in [2.75, 3.05) is 0 Å². The van der Waals surface area contributed by atoms with Crippen LogP contribution in [0.2, 0.25) is 0 Å². The van der Waals surface area contributed by atoms with Crippen molar-refractivity contribution in [1.29, 1.82) is 0 Å². The molecule has 15 aromatic carbocycles. The summed E-state index contributed by atoms with van der Waals surface area (Å²) in [6.07, 6.45) is 0. The molecule has 0 saturated carbocycles. The van der Waals surface area contributed by atoms with Crippen LogP contribution < -0.4 is 0 Å². The molecule has 0 aromatic heterocycles. The summed E-state index contributed by atoms with van der Waals surface area (Å²) in [5.41, 5.74) is 39.0. The normalized spacial score (nSPS) is 13.0. The van der Waals surface area contributed by atoms with Crippen LogP contribution in [-0.4, -0.2) is 0 Å². The maximum atomic E-state index is 2.46. The second kappa shape index (κ2) is 14.0. The molecule has 0 spiro atoms. The van der Waals surface area contributed by atoms with Crippen LogP contribution in [0.25, 0.3) is 221 Å². The molecule has 0 saturated heterocycles. The first-order valence-electron chi connectivity index (χ1n) is 28.2. The molecule has 21 rings (SSSR count). The number of rotatable bonds is 0. The molecule has 0 amide bonds. The van der Waals surface area contributed by atoms with E-state index >= 15 is 0 Å². The third kappa shape index (κ3) is 4.63. The highest BCUT2D eigenvalue weighted by Crippen LogP contribution is 2.62. The Hall–Kier alpha value is -10.4. The summed E-state index contributed by atoms with van der Waals surface area (Å²) in [4.78, 5) is 0. The number of hydrogen-bond donors (Lipinski definition) is 0. The summed E-state index contributed by atoms with van der Waals surface area (Å²) in [5.74, 6) is 0. The van der Waals surface area contributed by atoms with Crippen molar-refractivity contribution in [3.8, 4) is 167 Å². The van der Waals surface area contributed by atoms with Gasteiger partial charge in [-0.05, 0) is 221 Å². The largest absolute Gasteiger partial charge is 0.0616 e. The minimum atomic E-state index is 1.27. The van der Waals surface area contributed by atoms with E-state index < -0.39 is 0 Å². The highest BCUT2D eigenvalue weighted by atomic mass is 14.4. The van der Waals surface area contributed by atoms with Crippen molar-refractivity contribution in [3.05, 3.63) is 243 Å². The standard InChI is InChI=1S/C80H40/c1-6-16-51-41(11-1)56-26-21-46-62-32-38-68-49(23-28-58-42-12-2-7-17-52(42)72(62)78(58)68)64-34-40-70-50(25-30-60-44-14-4-9-19-54(44)74(64)80(60)70)65-35-39-69-48(24-29-59-45-15-5-10-20-55(45)75(65)79(59)69)63-33-37-67-47(61-31-36-66(46)76(56)71(51)61)22-27-57-43-13-3-8-18-53(43)73(63)77(57)67/h1-40H. The molecule has 6 aliphatic carbocycles. The van der Waals surface area contributed by atoms with Crippen molar-refractivity contribution in [2.45, 2.75) is 0 Å². The molecule has 0 nitrogen and oxygen atoms in total. The first-order valence-corrected chi connectivity index (χ1v) is 28.2. The molecule has 0 unspecified atom stereocenters. The van der Waals surface area contributed by atoms with E-state index in [4.69, 9.17) is 0 Å². The predicted molar refractivity (Wildman–Crippen MR) is 337 cm³/mol. The van der Waals surface area contributed by atoms with Crippen molar-refractivity contribution < 1.29 is 0 Å². The Morgan fingerprint density at radius 2 is 0.250 bits per heavy atom. The van der Waals surface area contributed by atoms with Gasteiger partial charge >= 0.3 is 0 Å². The first kappa shape index (κ1) is 40.8. The van der Waals surface area contributed by atoms with Gasteiger partial charge in [-0.1, -0.05) is 243 Å². The van der Waals surface area contributed by atoms with Crippen LogP contribution in [-0.2, 0) is 0 Å². The van der Waals surface area contributed by atoms with E-state index in [9.17, 15) is 0 Å². The number of fused-ring (bicyclic) bond motifs is 15. The Balaban J connectivity index is 0.956. The van der Waals surface area contributed by atoms with Crippen molar-refractivity contribution >= 4 is 53.9 Å². The Morgan fingerprint density at radius 1 is 0.100 bits per heavy atom. The zero-order valence-corrected chi connectivity index (χ0v) is 43.1. The third-order valence-electron chi connectivity index (χ3n) is 19.8. The molecule has 0 atom stereocenters. The quantitative estimate of drug-likeness (QED) is 0.142. The fraction of sp³-hybridized carbons (Fsp3) is 0. The van der Waals surface area contributed by atoms with Crippen LogP contribution in [0.4, 0.5) is 0 Å². The predicted octanol–water partition coefficient (Wildman–Crippen LogP) is 22.3. The minimum Gasteiger partial charge on any atom is -0.0616 e. The van der Waals surface area contributed by atoms with Gasteiger partial charge in [0.25, 0.3) is 0 Å². The lowest BCUT2D eigenvalue weighted by molar-refractivity contribution is 1.66. The second-order valence-corrected chi connectivity index (χ2v) is 23.1. The molecule has 0 heteroatoms. The maximum Gasteiger partial charge on any atom is -0.00139 e. The molecule has 0 aliphatic heterocycles. The van der Waals surface area contributed by atoms with Crippen LogP contribution in [0.3, 0.4) is 0 Å². The van der Waals surface area contributed by atoms with Crippen LogP contribution >= 0.6 is 0 Å². The summed E-state index contributed by atoms with van der Waals surface area (Å²) in [6.45, 7) is 0. The lowest BCUT2D eigenvalue weighted by atomic mass is 9.84. The molecule has 15 aromatic rings. The summed E-state index contributed by atoms with van der Waals surface area (Å²) in [7, 11) is 0. The molecule has 20 bridgehead atoms. The molecule has 80 heavy (non-hydrogen) atoms. The van der Waals surface area contributed by atoms with Gasteiger partial charge in [-0.3, -0.25) is 0 Å². The summed E-state index contributed by atoms with van der Waals surface area (Å²) < 4.78 is 0. The van der Waals surface area contributed by atoms with E-state index in [0.717, 1.165) is 0 Å². The van der Waals surface area contributed by atoms with E-state index in [0.29, 0.717) is 0 Å². The molecule has 360 valence electrons. The monoisotopic (exact) mass is 1000 g/mol. The Kier molecular flexibility index (Phi) is 7.14. The smallest absolute Gasteiger partial charge is 0.00139 e. The molecular formula is C80H40. The Morgan fingerprint density at radius 3 is 0.438 bits per heavy atom. The highest BCUT2D eigenvalue weighted by Gasteiger charge is 2.35. The number of benzene rings is 15. The Bertz CT molecular complexity index is 4780. The molecule has 0 N–H and O–H groups in total. The maximum absolute atomic E-state index is 2.46. The van der Waals surface area contributed by atoms with Gasteiger partial charge in [0.1, 0.15) is 0 Å². The van der Waals surface area contributed by atoms with Crippen molar-refractivity contribution in [1.82, 2.24) is 0 Å². The van der Waals surface area contributed by atoms with Gasteiger partial charge in [0.05, 0.1) is 0 Å². The van der Waals surface area contributed by atoms with E-state index in [2.05, 4.69) is 243 Å². The summed E-state index contributed by atoms with van der Waals surface area (Å²) in [5, 5.41) is 13.2. The van der Waals surface area contributed by atoms with Crippen LogP contribution in [0, 0.1) is 0 Å². The van der Waals surface area contributed by atoms with Crippen molar-refractivity contribution in [3.63, 3.8) is 0 Å². The second-order valence-electron chi connectivity index (χ2n) is 23.1. The zero-order chi connectivity index (χ0) is 51.4. The van der Waals surface area contributed by atoms with Crippen molar-refractivity contribution in [2.24, 2.45) is 0 Å². The van der Waals surface area contributed by atoms with Gasteiger partial charge in [-0.25, -0.2) is 0 Å². The van der Waals surface area contributed by atoms with Crippen LogP contribution in [0.1, 0.15) is 0 Å². The SMILES string of the molecule is c1ccc2c(c1)-c1ccc3c4ccc(c-2c14)-c1ccc2c4c(c(ccc14)-c1ccc4c5c(c(ccc15)-c1ccc5c6c(c(ccc16)-c1ccc6c7c(c-3ccc17)-c1ccccc1-6)-c1ccccc1-5)-c1ccccc1-4)-c1ccccc1-2. The Labute approximate surface area is 460 Å². The molecule has 0 radical (unpaired) electrons. The van der Waals surface area contributed by atoms with Gasteiger partial charge in [-0.15, -0.1) is 0 Å². The summed E-state index contributed by atoms with van der Waals surface area (Å²) >= 11 is 0. The van der Waals surface area contributed by atoms with Gasteiger partial charge in [0, 0.05) is 0 Å². The molecule has 0 heterocycles. The minimum absolute atomic E-state index is 1.27. The highest BCUT2D eigenvalue weighted by molar-refractivity contribution is 6.32. The molecule has 0 fully saturated rings.